The Bertz CT molecular complexity index is 217. The molecule has 0 radical (unpaired) electrons. The lowest BCUT2D eigenvalue weighted by Gasteiger charge is -2.21. The minimum absolute atomic E-state index is 0.605. The first-order valence-corrected chi connectivity index (χ1v) is 5.10. The lowest BCUT2D eigenvalue weighted by atomic mass is 10.0. The molecule has 1 aliphatic heterocycles. The molecule has 0 aliphatic carbocycles. The Morgan fingerprint density at radius 2 is 2.50 bits per heavy atom. The topological polar surface area (TPSA) is 50.7 Å². The summed E-state index contributed by atoms with van der Waals surface area (Å²) in [6.07, 6.45) is 4.91. The highest BCUT2D eigenvalue weighted by atomic mass is 32.1. The number of nitrogens with zero attached hydrogens (tertiary/aromatic N) is 3. The highest BCUT2D eigenvalue weighted by Crippen LogP contribution is 2.12. The van der Waals surface area contributed by atoms with Gasteiger partial charge in [0.15, 0.2) is 0 Å². The predicted octanol–water partition coefficient (Wildman–Crippen LogP) is 0.618. The highest BCUT2D eigenvalue weighted by molar-refractivity contribution is 7.05. The van der Waals surface area contributed by atoms with Gasteiger partial charge < -0.3 is 5.32 Å². The molecule has 0 saturated carbocycles. The van der Waals surface area contributed by atoms with Crippen LogP contribution >= 0.6 is 11.5 Å². The maximum Gasteiger partial charge on any atom is 0.139 e. The molecule has 4 nitrogen and oxygen atoms in total. The summed E-state index contributed by atoms with van der Waals surface area (Å²) in [5.74, 6) is 0. The fourth-order valence-electron chi connectivity index (χ4n) is 1.54. The van der Waals surface area contributed by atoms with Crippen molar-refractivity contribution in [3.05, 3.63) is 5.01 Å². The smallest absolute Gasteiger partial charge is 0.139 e. The zero-order valence-corrected chi connectivity index (χ0v) is 7.68. The second-order valence-electron chi connectivity index (χ2n) is 3.11. The van der Waals surface area contributed by atoms with Crippen LogP contribution in [0.2, 0.25) is 0 Å². The molecule has 5 heteroatoms. The summed E-state index contributed by atoms with van der Waals surface area (Å²) in [4.78, 5) is 0. The first kappa shape index (κ1) is 8.07. The van der Waals surface area contributed by atoms with E-state index in [1.807, 2.05) is 0 Å². The Morgan fingerprint density at radius 1 is 1.50 bits per heavy atom. The summed E-state index contributed by atoms with van der Waals surface area (Å²) < 4.78 is 3.74. The van der Waals surface area contributed by atoms with Gasteiger partial charge in [0.05, 0.1) is 0 Å². The summed E-state index contributed by atoms with van der Waals surface area (Å²) >= 11 is 1.40. The summed E-state index contributed by atoms with van der Waals surface area (Å²) in [5.41, 5.74) is 0. The van der Waals surface area contributed by atoms with Crippen molar-refractivity contribution in [2.45, 2.75) is 31.7 Å². The van der Waals surface area contributed by atoms with Gasteiger partial charge in [-0.1, -0.05) is 10.9 Å². The minimum Gasteiger partial charge on any atom is -0.314 e. The first-order chi connectivity index (χ1) is 5.95. The standard InChI is InChI=1S/C7H12N4S/c1-2-4-8-6(3-1)5-7-9-10-11-12-7/h6,8H,1-5H2. The SMILES string of the molecule is C1CCC(Cc2nnns2)NC1. The van der Waals surface area contributed by atoms with E-state index in [1.54, 1.807) is 0 Å². The molecule has 1 aliphatic rings. The molecular weight excluding hydrogens is 172 g/mol. The monoisotopic (exact) mass is 184 g/mol. The van der Waals surface area contributed by atoms with Gasteiger partial charge in [-0.25, -0.2) is 0 Å². The van der Waals surface area contributed by atoms with Crippen LogP contribution in [0, 0.1) is 0 Å². The van der Waals surface area contributed by atoms with Gasteiger partial charge in [-0.2, -0.15) is 0 Å². The summed E-state index contributed by atoms with van der Waals surface area (Å²) in [6, 6.07) is 0.605. The van der Waals surface area contributed by atoms with E-state index in [-0.39, 0.29) is 0 Å². The molecule has 0 amide bonds. The Labute approximate surface area is 75.5 Å². The van der Waals surface area contributed by atoms with E-state index in [0.717, 1.165) is 18.0 Å². The normalized spacial score (nSPS) is 24.2. The Balaban J connectivity index is 1.86. The van der Waals surface area contributed by atoms with Gasteiger partial charge in [0.2, 0.25) is 0 Å². The van der Waals surface area contributed by atoms with Crippen LogP contribution in [0.25, 0.3) is 0 Å². The third kappa shape index (κ3) is 1.98. The average molecular weight is 184 g/mol. The molecule has 1 aromatic rings. The molecule has 1 fully saturated rings. The minimum atomic E-state index is 0.605. The first-order valence-electron chi connectivity index (χ1n) is 4.32. The molecule has 12 heavy (non-hydrogen) atoms. The number of hydrogen-bond donors (Lipinski definition) is 1. The quantitative estimate of drug-likeness (QED) is 0.732. The van der Waals surface area contributed by atoms with Crippen molar-refractivity contribution in [1.29, 1.82) is 0 Å². The van der Waals surface area contributed by atoms with Crippen molar-refractivity contribution in [2.75, 3.05) is 6.54 Å². The van der Waals surface area contributed by atoms with Crippen LogP contribution in [0.15, 0.2) is 0 Å². The number of nitrogens with one attached hydrogen (secondary N) is 1. The second-order valence-corrected chi connectivity index (χ2v) is 3.92. The maximum atomic E-state index is 3.93. The predicted molar refractivity (Wildman–Crippen MR) is 47.0 cm³/mol. The van der Waals surface area contributed by atoms with Crippen LogP contribution in [-0.2, 0) is 6.42 Å². The van der Waals surface area contributed by atoms with Gasteiger partial charge in [0.1, 0.15) is 5.01 Å². The van der Waals surface area contributed by atoms with E-state index < -0.39 is 0 Å². The molecule has 2 heterocycles. The van der Waals surface area contributed by atoms with Crippen molar-refractivity contribution in [2.24, 2.45) is 0 Å². The third-order valence-electron chi connectivity index (χ3n) is 2.17. The number of rotatable bonds is 2. The van der Waals surface area contributed by atoms with Gasteiger partial charge in [-0.3, -0.25) is 0 Å². The van der Waals surface area contributed by atoms with Crippen molar-refractivity contribution in [3.8, 4) is 0 Å². The summed E-state index contributed by atoms with van der Waals surface area (Å²) in [7, 11) is 0. The van der Waals surface area contributed by atoms with E-state index in [2.05, 4.69) is 20.1 Å². The van der Waals surface area contributed by atoms with Gasteiger partial charge >= 0.3 is 0 Å². The van der Waals surface area contributed by atoms with Crippen LogP contribution in [-0.4, -0.2) is 27.4 Å². The van der Waals surface area contributed by atoms with Crippen LogP contribution < -0.4 is 5.32 Å². The van der Waals surface area contributed by atoms with Gasteiger partial charge in [0.25, 0.3) is 0 Å². The maximum absolute atomic E-state index is 3.93. The molecule has 2 rings (SSSR count). The lowest BCUT2D eigenvalue weighted by molar-refractivity contribution is 0.398. The van der Waals surface area contributed by atoms with Crippen molar-refractivity contribution in [3.63, 3.8) is 0 Å². The fraction of sp³-hybridized carbons (Fsp3) is 0.857. The second kappa shape index (κ2) is 3.91. The van der Waals surface area contributed by atoms with Crippen LogP contribution in [0.4, 0.5) is 0 Å². The molecule has 1 atom stereocenters. The molecule has 1 aromatic heterocycles. The molecule has 66 valence electrons. The van der Waals surface area contributed by atoms with Crippen LogP contribution in [0.3, 0.4) is 0 Å². The van der Waals surface area contributed by atoms with Crippen molar-refractivity contribution in [1.82, 2.24) is 20.1 Å². The molecule has 0 aromatic carbocycles. The fourth-order valence-corrected chi connectivity index (χ4v) is 2.05. The Hall–Kier alpha value is -0.550. The molecule has 1 N–H and O–H groups in total. The van der Waals surface area contributed by atoms with Gasteiger partial charge in [-0.15, -0.1) is 5.10 Å². The number of aromatic nitrogens is 3. The Kier molecular flexibility index (Phi) is 2.63. The number of piperidine rings is 1. The molecule has 1 saturated heterocycles. The van der Waals surface area contributed by atoms with Gasteiger partial charge in [-0.05, 0) is 24.6 Å². The van der Waals surface area contributed by atoms with Crippen molar-refractivity contribution < 1.29 is 0 Å². The molecular formula is C7H12N4S. The zero-order valence-electron chi connectivity index (χ0n) is 6.86. The van der Waals surface area contributed by atoms with Crippen molar-refractivity contribution >= 4 is 11.5 Å². The average Bonchev–Trinajstić information content (AvgIpc) is 2.59. The van der Waals surface area contributed by atoms with E-state index in [4.69, 9.17) is 0 Å². The van der Waals surface area contributed by atoms with E-state index >= 15 is 0 Å². The van der Waals surface area contributed by atoms with E-state index in [1.165, 1.54) is 30.8 Å². The summed E-state index contributed by atoms with van der Waals surface area (Å²) in [6.45, 7) is 1.15. The molecule has 1 unspecified atom stereocenters. The lowest BCUT2D eigenvalue weighted by Crippen LogP contribution is -2.35. The summed E-state index contributed by atoms with van der Waals surface area (Å²) in [5, 5.41) is 12.0. The number of hydrogen-bond acceptors (Lipinski definition) is 5. The van der Waals surface area contributed by atoms with Gasteiger partial charge in [0, 0.05) is 24.0 Å². The molecule has 0 bridgehead atoms. The molecule has 0 spiro atoms. The van der Waals surface area contributed by atoms with Crippen LogP contribution in [0.1, 0.15) is 24.3 Å². The largest absolute Gasteiger partial charge is 0.314 e. The van der Waals surface area contributed by atoms with E-state index in [9.17, 15) is 0 Å². The van der Waals surface area contributed by atoms with Crippen LogP contribution in [0.5, 0.6) is 0 Å². The third-order valence-corrected chi connectivity index (χ3v) is 2.79. The highest BCUT2D eigenvalue weighted by Gasteiger charge is 2.14. The van der Waals surface area contributed by atoms with E-state index in [0.29, 0.717) is 6.04 Å². The zero-order chi connectivity index (χ0) is 8.23. The Morgan fingerprint density at radius 3 is 3.17 bits per heavy atom.